The Labute approximate surface area is 152 Å². The van der Waals surface area contributed by atoms with Crippen LogP contribution in [0.4, 0.5) is 0 Å². The van der Waals surface area contributed by atoms with Crippen molar-refractivity contribution in [3.8, 4) is 17.6 Å². The number of rotatable bonds is 10. The fourth-order valence-corrected chi connectivity index (χ4v) is 1.96. The molecule has 1 unspecified atom stereocenters. The van der Waals surface area contributed by atoms with Crippen LogP contribution in [0, 0.1) is 17.2 Å². The van der Waals surface area contributed by atoms with Crippen LogP contribution in [-0.2, 0) is 9.59 Å². The highest BCUT2D eigenvalue weighted by atomic mass is 16.5. The molecule has 1 aromatic rings. The molecule has 0 aromatic heterocycles. The van der Waals surface area contributed by atoms with Crippen LogP contribution in [0.25, 0.3) is 0 Å². The molecule has 1 rings (SSSR count). The predicted molar refractivity (Wildman–Crippen MR) is 94.6 cm³/mol. The highest BCUT2D eigenvalue weighted by molar-refractivity contribution is 5.99. The molecule has 0 fully saturated rings. The minimum atomic E-state index is -1.15. The van der Waals surface area contributed by atoms with Crippen molar-refractivity contribution in [2.24, 2.45) is 5.92 Å². The number of carboxylic acid groups (broad SMARTS) is 1. The highest BCUT2D eigenvalue weighted by Gasteiger charge is 2.24. The van der Waals surface area contributed by atoms with Crippen molar-refractivity contribution in [3.05, 3.63) is 36.0 Å². The molecule has 0 radical (unpaired) electrons. The molecule has 0 aliphatic heterocycles. The summed E-state index contributed by atoms with van der Waals surface area (Å²) in [6.45, 7) is 4.01. The molecule has 0 saturated carbocycles. The first kappa shape index (κ1) is 20.8. The fourth-order valence-electron chi connectivity index (χ4n) is 1.96. The quantitative estimate of drug-likeness (QED) is 0.326. The number of carbonyl (C=O) groups excluding carboxylic acids is 1. The first-order chi connectivity index (χ1) is 12.4. The molecule has 3 N–H and O–H groups in total. The molecule has 1 atom stereocenters. The Hall–Kier alpha value is -3.21. The number of hydrogen-bond acceptors (Lipinski definition) is 6. The van der Waals surface area contributed by atoms with E-state index in [9.17, 15) is 9.59 Å². The number of ether oxygens (including phenoxy) is 2. The SMILES string of the molecule is COc1ccc(OCCN/C=C(/C#N)C(=O)NC(C(=O)O)C(C)C)cc1. The van der Waals surface area contributed by atoms with E-state index in [1.807, 2.05) is 0 Å². The second kappa shape index (κ2) is 10.6. The summed E-state index contributed by atoms with van der Waals surface area (Å²) in [4.78, 5) is 23.1. The summed E-state index contributed by atoms with van der Waals surface area (Å²) in [6, 6.07) is 7.76. The number of carbonyl (C=O) groups is 2. The number of nitrogens with one attached hydrogen (secondary N) is 2. The van der Waals surface area contributed by atoms with Gasteiger partial charge in [0.05, 0.1) is 7.11 Å². The van der Waals surface area contributed by atoms with Crippen LogP contribution in [0.1, 0.15) is 13.8 Å². The van der Waals surface area contributed by atoms with E-state index in [2.05, 4.69) is 10.6 Å². The van der Waals surface area contributed by atoms with Crippen LogP contribution in [-0.4, -0.2) is 43.3 Å². The Morgan fingerprint density at radius 2 is 1.88 bits per heavy atom. The average molecular weight is 361 g/mol. The maximum atomic E-state index is 12.0. The van der Waals surface area contributed by atoms with Crippen molar-refractivity contribution in [2.75, 3.05) is 20.3 Å². The van der Waals surface area contributed by atoms with Gasteiger partial charge in [0.1, 0.15) is 35.8 Å². The number of methoxy groups -OCH3 is 1. The first-order valence-corrected chi connectivity index (χ1v) is 8.03. The predicted octanol–water partition coefficient (Wildman–Crippen LogP) is 1.30. The van der Waals surface area contributed by atoms with Gasteiger partial charge in [0.25, 0.3) is 5.91 Å². The van der Waals surface area contributed by atoms with Gasteiger partial charge in [-0.3, -0.25) is 4.79 Å². The van der Waals surface area contributed by atoms with Crippen molar-refractivity contribution in [1.29, 1.82) is 5.26 Å². The van der Waals surface area contributed by atoms with E-state index in [1.165, 1.54) is 6.20 Å². The number of nitriles is 1. The first-order valence-electron chi connectivity index (χ1n) is 8.03. The van der Waals surface area contributed by atoms with Crippen LogP contribution in [0.5, 0.6) is 11.5 Å². The summed E-state index contributed by atoms with van der Waals surface area (Å²) in [5.74, 6) is -0.800. The molecular formula is C18H23N3O5. The van der Waals surface area contributed by atoms with Crippen LogP contribution < -0.4 is 20.1 Å². The minimum Gasteiger partial charge on any atom is -0.497 e. The second-order valence-corrected chi connectivity index (χ2v) is 5.68. The lowest BCUT2D eigenvalue weighted by molar-refractivity contribution is -0.142. The van der Waals surface area contributed by atoms with E-state index >= 15 is 0 Å². The Morgan fingerprint density at radius 3 is 2.38 bits per heavy atom. The molecule has 8 nitrogen and oxygen atoms in total. The maximum absolute atomic E-state index is 12.0. The molecule has 0 heterocycles. The van der Waals surface area contributed by atoms with Gasteiger partial charge in [0.2, 0.25) is 0 Å². The van der Waals surface area contributed by atoms with E-state index in [0.717, 1.165) is 5.75 Å². The average Bonchev–Trinajstić information content (AvgIpc) is 2.62. The second-order valence-electron chi connectivity index (χ2n) is 5.68. The van der Waals surface area contributed by atoms with Crippen LogP contribution in [0.2, 0.25) is 0 Å². The van der Waals surface area contributed by atoms with Gasteiger partial charge < -0.3 is 25.2 Å². The van der Waals surface area contributed by atoms with Crippen molar-refractivity contribution in [1.82, 2.24) is 10.6 Å². The number of amides is 1. The van der Waals surface area contributed by atoms with Gasteiger partial charge >= 0.3 is 5.97 Å². The third-order valence-corrected chi connectivity index (χ3v) is 3.41. The molecule has 0 aliphatic rings. The molecule has 1 amide bonds. The van der Waals surface area contributed by atoms with E-state index < -0.39 is 17.9 Å². The van der Waals surface area contributed by atoms with Gasteiger partial charge in [0.15, 0.2) is 0 Å². The van der Waals surface area contributed by atoms with Crippen LogP contribution in [0.15, 0.2) is 36.0 Å². The fraction of sp³-hybridized carbons (Fsp3) is 0.389. The molecule has 8 heteroatoms. The molecule has 0 aliphatic carbocycles. The molecule has 0 saturated heterocycles. The summed E-state index contributed by atoms with van der Waals surface area (Å²) >= 11 is 0. The molecule has 0 bridgehead atoms. The molecule has 1 aromatic carbocycles. The summed E-state index contributed by atoms with van der Waals surface area (Å²) in [6.07, 6.45) is 1.24. The Morgan fingerprint density at radius 1 is 1.27 bits per heavy atom. The summed E-state index contributed by atoms with van der Waals surface area (Å²) in [5, 5.41) is 23.3. The topological polar surface area (TPSA) is 121 Å². The zero-order valence-electron chi connectivity index (χ0n) is 15.0. The van der Waals surface area contributed by atoms with Gasteiger partial charge in [-0.2, -0.15) is 5.26 Å². The standard InChI is InChI=1S/C18H23N3O5/c1-12(2)16(18(23)24)21-17(22)13(10-19)11-20-8-9-26-15-6-4-14(25-3)5-7-15/h4-7,11-12,16,20H,8-9H2,1-3H3,(H,21,22)(H,23,24)/b13-11-. The number of hydrogen-bond donors (Lipinski definition) is 3. The number of aliphatic carboxylic acids is 1. The maximum Gasteiger partial charge on any atom is 0.326 e. The van der Waals surface area contributed by atoms with Gasteiger partial charge in [-0.15, -0.1) is 0 Å². The summed E-state index contributed by atoms with van der Waals surface area (Å²) < 4.78 is 10.5. The third-order valence-electron chi connectivity index (χ3n) is 3.41. The van der Waals surface area contributed by atoms with E-state index in [1.54, 1.807) is 51.3 Å². The normalized spacial score (nSPS) is 12.0. The van der Waals surface area contributed by atoms with Crippen molar-refractivity contribution in [3.63, 3.8) is 0 Å². The van der Waals surface area contributed by atoms with E-state index in [-0.39, 0.29) is 11.5 Å². The van der Waals surface area contributed by atoms with Crippen molar-refractivity contribution in [2.45, 2.75) is 19.9 Å². The zero-order chi connectivity index (χ0) is 19.5. The van der Waals surface area contributed by atoms with Crippen molar-refractivity contribution >= 4 is 11.9 Å². The third kappa shape index (κ3) is 6.73. The van der Waals surface area contributed by atoms with Gasteiger partial charge in [-0.1, -0.05) is 13.8 Å². The molecule has 140 valence electrons. The molecular weight excluding hydrogens is 338 g/mol. The number of carboxylic acids is 1. The Bertz CT molecular complexity index is 677. The van der Waals surface area contributed by atoms with Crippen molar-refractivity contribution < 1.29 is 24.2 Å². The number of benzene rings is 1. The lowest BCUT2D eigenvalue weighted by Gasteiger charge is -2.17. The summed E-state index contributed by atoms with van der Waals surface area (Å²) in [7, 11) is 1.58. The van der Waals surface area contributed by atoms with E-state index in [4.69, 9.17) is 19.8 Å². The van der Waals surface area contributed by atoms with Gasteiger partial charge in [0, 0.05) is 12.7 Å². The zero-order valence-corrected chi connectivity index (χ0v) is 15.0. The van der Waals surface area contributed by atoms with Gasteiger partial charge in [-0.25, -0.2) is 4.79 Å². The number of nitrogens with zero attached hydrogens (tertiary/aromatic N) is 1. The summed E-state index contributed by atoms with van der Waals surface area (Å²) in [5.41, 5.74) is -0.207. The lowest BCUT2D eigenvalue weighted by Crippen LogP contribution is -2.44. The van der Waals surface area contributed by atoms with Crippen LogP contribution >= 0.6 is 0 Å². The Kier molecular flexibility index (Phi) is 8.50. The molecule has 0 spiro atoms. The van der Waals surface area contributed by atoms with Gasteiger partial charge in [-0.05, 0) is 30.2 Å². The largest absolute Gasteiger partial charge is 0.497 e. The Balaban J connectivity index is 2.47. The monoisotopic (exact) mass is 361 g/mol. The smallest absolute Gasteiger partial charge is 0.326 e. The van der Waals surface area contributed by atoms with E-state index in [0.29, 0.717) is 18.9 Å². The highest BCUT2D eigenvalue weighted by Crippen LogP contribution is 2.16. The molecule has 26 heavy (non-hydrogen) atoms. The minimum absolute atomic E-state index is 0.207. The van der Waals surface area contributed by atoms with Crippen LogP contribution in [0.3, 0.4) is 0 Å². The lowest BCUT2D eigenvalue weighted by atomic mass is 10.0.